The van der Waals surface area contributed by atoms with Gasteiger partial charge in [-0.15, -0.1) is 5.10 Å². The highest BCUT2D eigenvalue weighted by Crippen LogP contribution is 2.23. The van der Waals surface area contributed by atoms with Crippen LogP contribution in [0.2, 0.25) is 0 Å². The summed E-state index contributed by atoms with van der Waals surface area (Å²) in [6.45, 7) is 2.06. The number of hydrogen-bond acceptors (Lipinski definition) is 6. The van der Waals surface area contributed by atoms with Crippen molar-refractivity contribution in [2.75, 3.05) is 0 Å². The van der Waals surface area contributed by atoms with E-state index in [-0.39, 0.29) is 5.91 Å². The standard InChI is InChI=1S/C24H20N4O2S/c1-16-8-10-17(11-9-16)15-31-24-26-23(29)22-19-6-2-3-7-20(19)25-21(28(22)27-24)13-12-18-5-4-14-30-18/h2-14,21H,15H2,1H3,(H,26,27,29)/b13-12+. The van der Waals surface area contributed by atoms with Gasteiger partial charge in [0, 0.05) is 11.0 Å². The van der Waals surface area contributed by atoms with Gasteiger partial charge in [-0.3, -0.25) is 15.1 Å². The SMILES string of the molecule is Cc1ccc(CSC2=NN3C(=c4ccccc4=NC3/C=C/c3ccco3)C(=O)N2)cc1. The third kappa shape index (κ3) is 4.04. The number of hydrazone groups is 1. The Kier molecular flexibility index (Phi) is 5.18. The minimum Gasteiger partial charge on any atom is -0.465 e. The van der Waals surface area contributed by atoms with Crippen LogP contribution in [0.5, 0.6) is 0 Å². The lowest BCUT2D eigenvalue weighted by Gasteiger charge is -2.32. The van der Waals surface area contributed by atoms with Gasteiger partial charge in [0.15, 0.2) is 11.3 Å². The molecule has 31 heavy (non-hydrogen) atoms. The summed E-state index contributed by atoms with van der Waals surface area (Å²) >= 11 is 1.49. The summed E-state index contributed by atoms with van der Waals surface area (Å²) < 4.78 is 5.40. The first-order valence-electron chi connectivity index (χ1n) is 9.94. The Morgan fingerprint density at radius 2 is 1.97 bits per heavy atom. The van der Waals surface area contributed by atoms with Gasteiger partial charge >= 0.3 is 0 Å². The molecule has 0 saturated carbocycles. The number of benzene rings is 2. The summed E-state index contributed by atoms with van der Waals surface area (Å²) in [4.78, 5) is 17.9. The number of fused-ring (bicyclic) bond motifs is 2. The molecule has 3 heterocycles. The number of amidine groups is 1. The number of nitrogens with one attached hydrogen (secondary N) is 1. The van der Waals surface area contributed by atoms with Crippen LogP contribution in [0, 0.1) is 6.92 Å². The Balaban J connectivity index is 1.49. The summed E-state index contributed by atoms with van der Waals surface area (Å²) in [6.07, 6.45) is 4.91. The van der Waals surface area contributed by atoms with E-state index in [0.29, 0.717) is 16.6 Å². The highest BCUT2D eigenvalue weighted by molar-refractivity contribution is 8.13. The van der Waals surface area contributed by atoms with Crippen LogP contribution in [-0.2, 0) is 10.5 Å². The quantitative estimate of drug-likeness (QED) is 0.694. The number of para-hydroxylation sites is 1. The van der Waals surface area contributed by atoms with Gasteiger partial charge in [0.1, 0.15) is 11.5 Å². The molecule has 0 fully saturated rings. The lowest BCUT2D eigenvalue weighted by molar-refractivity contribution is -0.116. The molecule has 7 heteroatoms. The molecule has 1 aromatic heterocycles. The van der Waals surface area contributed by atoms with Gasteiger partial charge in [0.2, 0.25) is 0 Å². The van der Waals surface area contributed by atoms with Crippen LogP contribution in [0.1, 0.15) is 16.9 Å². The van der Waals surface area contributed by atoms with Crippen LogP contribution in [0.4, 0.5) is 0 Å². The molecule has 0 radical (unpaired) electrons. The summed E-state index contributed by atoms with van der Waals surface area (Å²) in [7, 11) is 0. The normalized spacial score (nSPS) is 17.6. The predicted octanol–water partition coefficient (Wildman–Crippen LogP) is 3.01. The van der Waals surface area contributed by atoms with E-state index in [1.165, 1.54) is 22.9 Å². The molecule has 0 spiro atoms. The highest BCUT2D eigenvalue weighted by Gasteiger charge is 2.32. The van der Waals surface area contributed by atoms with Crippen molar-refractivity contribution in [3.63, 3.8) is 0 Å². The Morgan fingerprint density at radius 1 is 1.13 bits per heavy atom. The van der Waals surface area contributed by atoms with Crippen LogP contribution in [0.3, 0.4) is 0 Å². The predicted molar refractivity (Wildman–Crippen MR) is 122 cm³/mol. The number of rotatable bonds is 4. The summed E-state index contributed by atoms with van der Waals surface area (Å²) in [5, 5.41) is 11.5. The van der Waals surface area contributed by atoms with E-state index in [1.54, 1.807) is 11.3 Å². The fraction of sp³-hybridized carbons (Fsp3) is 0.125. The second kappa shape index (κ2) is 8.28. The zero-order valence-corrected chi connectivity index (χ0v) is 17.7. The Morgan fingerprint density at radius 3 is 2.77 bits per heavy atom. The minimum atomic E-state index is -0.448. The molecule has 0 bridgehead atoms. The van der Waals surface area contributed by atoms with Gasteiger partial charge in [0.05, 0.1) is 11.6 Å². The third-order valence-corrected chi connectivity index (χ3v) is 5.95. The first-order chi connectivity index (χ1) is 15.2. The van der Waals surface area contributed by atoms with Crippen molar-refractivity contribution >= 4 is 34.6 Å². The number of hydrogen-bond donors (Lipinski definition) is 1. The number of carbonyl (C=O) groups is 1. The van der Waals surface area contributed by atoms with E-state index in [1.807, 2.05) is 48.6 Å². The molecule has 5 rings (SSSR count). The third-order valence-electron chi connectivity index (χ3n) is 5.02. The van der Waals surface area contributed by atoms with Gasteiger partial charge in [0.25, 0.3) is 5.91 Å². The van der Waals surface area contributed by atoms with E-state index in [9.17, 15) is 4.79 Å². The maximum atomic E-state index is 13.1. The maximum Gasteiger partial charge on any atom is 0.276 e. The zero-order valence-electron chi connectivity index (χ0n) is 16.9. The molecule has 1 unspecified atom stereocenters. The van der Waals surface area contributed by atoms with Crippen molar-refractivity contribution in [2.45, 2.75) is 18.8 Å². The second-order valence-corrected chi connectivity index (χ2v) is 8.23. The molecule has 0 aliphatic carbocycles. The molecule has 2 aliphatic rings. The average molecular weight is 429 g/mol. The number of furan rings is 1. The van der Waals surface area contributed by atoms with Crippen molar-refractivity contribution in [1.82, 2.24) is 10.3 Å². The number of amides is 1. The Labute approximate surface area is 183 Å². The summed E-state index contributed by atoms with van der Waals surface area (Å²) in [5.41, 5.74) is 2.89. The molecular weight excluding hydrogens is 408 g/mol. The Hall–Kier alpha value is -3.58. The molecule has 1 amide bonds. The summed E-state index contributed by atoms with van der Waals surface area (Å²) in [6, 6.07) is 19.7. The van der Waals surface area contributed by atoms with Crippen molar-refractivity contribution in [2.24, 2.45) is 10.1 Å². The molecule has 1 N–H and O–H groups in total. The molecule has 2 aliphatic heterocycles. The van der Waals surface area contributed by atoms with Crippen molar-refractivity contribution in [1.29, 1.82) is 0 Å². The molecular formula is C24H20N4O2S. The Bertz CT molecular complexity index is 1290. The lowest BCUT2D eigenvalue weighted by Crippen LogP contribution is -2.52. The average Bonchev–Trinajstić information content (AvgIpc) is 3.30. The van der Waals surface area contributed by atoms with E-state index < -0.39 is 6.17 Å². The van der Waals surface area contributed by atoms with Crippen LogP contribution in [-0.4, -0.2) is 22.2 Å². The molecule has 1 atom stereocenters. The van der Waals surface area contributed by atoms with Crippen LogP contribution in [0.25, 0.3) is 11.8 Å². The molecule has 2 aromatic carbocycles. The first kappa shape index (κ1) is 19.4. The maximum absolute atomic E-state index is 13.1. The topological polar surface area (TPSA) is 70.2 Å². The van der Waals surface area contributed by atoms with Gasteiger partial charge < -0.3 is 4.42 Å². The fourth-order valence-electron chi connectivity index (χ4n) is 3.45. The van der Waals surface area contributed by atoms with Gasteiger partial charge in [-0.05, 0) is 42.8 Å². The van der Waals surface area contributed by atoms with Crippen LogP contribution < -0.4 is 15.9 Å². The van der Waals surface area contributed by atoms with E-state index in [2.05, 4.69) is 36.5 Å². The van der Waals surface area contributed by atoms with Crippen molar-refractivity contribution < 1.29 is 9.21 Å². The zero-order chi connectivity index (χ0) is 21.2. The number of aryl methyl sites for hydroxylation is 1. The minimum absolute atomic E-state index is 0.180. The van der Waals surface area contributed by atoms with E-state index >= 15 is 0 Å². The number of carbonyl (C=O) groups excluding carboxylic acids is 1. The fourth-order valence-corrected chi connectivity index (χ4v) is 4.25. The lowest BCUT2D eigenvalue weighted by atomic mass is 10.1. The van der Waals surface area contributed by atoms with Crippen LogP contribution >= 0.6 is 11.8 Å². The highest BCUT2D eigenvalue weighted by atomic mass is 32.2. The second-order valence-electron chi connectivity index (χ2n) is 7.26. The van der Waals surface area contributed by atoms with E-state index in [0.717, 1.165) is 16.3 Å². The van der Waals surface area contributed by atoms with Gasteiger partial charge in [-0.25, -0.2) is 5.01 Å². The number of nitrogens with zero attached hydrogens (tertiary/aromatic N) is 3. The molecule has 3 aromatic rings. The van der Waals surface area contributed by atoms with Crippen molar-refractivity contribution in [3.05, 3.63) is 100 Å². The monoisotopic (exact) mass is 428 g/mol. The molecule has 6 nitrogen and oxygen atoms in total. The van der Waals surface area contributed by atoms with Gasteiger partial charge in [-0.1, -0.05) is 59.8 Å². The molecule has 0 saturated heterocycles. The largest absolute Gasteiger partial charge is 0.465 e. The smallest absolute Gasteiger partial charge is 0.276 e. The first-order valence-corrected chi connectivity index (χ1v) is 10.9. The van der Waals surface area contributed by atoms with E-state index in [4.69, 9.17) is 14.5 Å². The van der Waals surface area contributed by atoms with Gasteiger partial charge in [-0.2, -0.15) is 0 Å². The molecule has 154 valence electrons. The number of thioether (sulfide) groups is 1. The summed E-state index contributed by atoms with van der Waals surface area (Å²) in [5.74, 6) is 1.25. The van der Waals surface area contributed by atoms with Crippen molar-refractivity contribution in [3.8, 4) is 0 Å². The van der Waals surface area contributed by atoms with Crippen LogP contribution in [0.15, 0.2) is 87.5 Å².